The van der Waals surface area contributed by atoms with Crippen LogP contribution in [-0.4, -0.2) is 19.0 Å². The molecule has 1 N–H and O–H groups in total. The van der Waals surface area contributed by atoms with Crippen LogP contribution in [0.2, 0.25) is 0 Å². The van der Waals surface area contributed by atoms with Gasteiger partial charge in [-0.1, -0.05) is 6.42 Å². The van der Waals surface area contributed by atoms with Crippen molar-refractivity contribution in [2.24, 2.45) is 17.8 Å². The average molecular weight is 286 g/mol. The van der Waals surface area contributed by atoms with Crippen molar-refractivity contribution >= 4 is 17.3 Å². The molecule has 0 saturated heterocycles. The molecule has 1 amide bonds. The van der Waals surface area contributed by atoms with Crippen molar-refractivity contribution in [1.82, 2.24) is 0 Å². The number of nitrogens with one attached hydrogen (secondary N) is 1. The van der Waals surface area contributed by atoms with Crippen molar-refractivity contribution in [1.29, 1.82) is 0 Å². The molecule has 1 aromatic carbocycles. The van der Waals surface area contributed by atoms with Crippen LogP contribution in [0.25, 0.3) is 0 Å². The lowest BCUT2D eigenvalue weighted by atomic mass is 9.88. The third kappa shape index (κ3) is 2.92. The van der Waals surface area contributed by atoms with E-state index in [9.17, 15) is 4.79 Å². The highest BCUT2D eigenvalue weighted by Crippen LogP contribution is 2.48. The minimum Gasteiger partial charge on any atom is -0.372 e. The molecule has 0 spiro atoms. The Labute approximate surface area is 127 Å². The van der Waals surface area contributed by atoms with Crippen molar-refractivity contribution in [3.63, 3.8) is 0 Å². The molecule has 0 unspecified atom stereocenters. The third-order valence-corrected chi connectivity index (χ3v) is 5.34. The fraction of sp³-hybridized carbons (Fsp3) is 0.611. The summed E-state index contributed by atoms with van der Waals surface area (Å²) in [6.45, 7) is 6.34. The van der Waals surface area contributed by atoms with Crippen molar-refractivity contribution in [2.75, 3.05) is 23.3 Å². The van der Waals surface area contributed by atoms with Crippen LogP contribution in [0, 0.1) is 17.8 Å². The lowest BCUT2D eigenvalue weighted by Crippen LogP contribution is -2.27. The molecule has 1 aromatic rings. The molecule has 0 radical (unpaired) electrons. The van der Waals surface area contributed by atoms with E-state index in [1.165, 1.54) is 24.9 Å². The zero-order valence-electron chi connectivity index (χ0n) is 13.1. The van der Waals surface area contributed by atoms with Gasteiger partial charge in [0.05, 0.1) is 0 Å². The molecule has 0 aromatic heterocycles. The molecular weight excluding hydrogens is 260 g/mol. The monoisotopic (exact) mass is 286 g/mol. The molecule has 21 heavy (non-hydrogen) atoms. The standard InChI is InChI=1S/C18H26N2O/c1-3-20(4-2)16-9-7-15(8-10-16)19-18(21)17-12-13-5-6-14(17)11-13/h7-10,13-14,17H,3-6,11-12H2,1-2H3,(H,19,21)/t13-,14+,17-/m0/s1. The van der Waals surface area contributed by atoms with Crippen LogP contribution in [0.5, 0.6) is 0 Å². The normalized spacial score (nSPS) is 26.9. The van der Waals surface area contributed by atoms with E-state index in [4.69, 9.17) is 0 Å². The van der Waals surface area contributed by atoms with Crippen LogP contribution in [0.15, 0.2) is 24.3 Å². The van der Waals surface area contributed by atoms with Crippen LogP contribution < -0.4 is 10.2 Å². The van der Waals surface area contributed by atoms with Gasteiger partial charge < -0.3 is 10.2 Å². The van der Waals surface area contributed by atoms with E-state index < -0.39 is 0 Å². The van der Waals surface area contributed by atoms with Gasteiger partial charge in [0.15, 0.2) is 0 Å². The van der Waals surface area contributed by atoms with E-state index in [1.54, 1.807) is 0 Å². The maximum Gasteiger partial charge on any atom is 0.227 e. The van der Waals surface area contributed by atoms with Crippen LogP contribution >= 0.6 is 0 Å². The fourth-order valence-corrected chi connectivity index (χ4v) is 4.15. The van der Waals surface area contributed by atoms with E-state index in [-0.39, 0.29) is 11.8 Å². The van der Waals surface area contributed by atoms with Gasteiger partial charge >= 0.3 is 0 Å². The predicted molar refractivity (Wildman–Crippen MR) is 87.6 cm³/mol. The zero-order chi connectivity index (χ0) is 14.8. The quantitative estimate of drug-likeness (QED) is 0.890. The molecule has 2 aliphatic rings. The van der Waals surface area contributed by atoms with Gasteiger partial charge in [-0.3, -0.25) is 4.79 Å². The highest BCUT2D eigenvalue weighted by atomic mass is 16.1. The van der Waals surface area contributed by atoms with Crippen LogP contribution in [0.1, 0.15) is 39.5 Å². The number of carbonyl (C=O) groups is 1. The van der Waals surface area contributed by atoms with Gasteiger partial charge in [-0.25, -0.2) is 0 Å². The molecule has 3 heteroatoms. The first-order valence-electron chi connectivity index (χ1n) is 8.37. The van der Waals surface area contributed by atoms with E-state index in [2.05, 4.69) is 36.2 Å². The highest BCUT2D eigenvalue weighted by Gasteiger charge is 2.42. The van der Waals surface area contributed by atoms with Crippen LogP contribution in [0.3, 0.4) is 0 Å². The summed E-state index contributed by atoms with van der Waals surface area (Å²) in [5, 5.41) is 3.11. The average Bonchev–Trinajstić information content (AvgIpc) is 3.13. The number of carbonyl (C=O) groups excluding carboxylic acids is 1. The summed E-state index contributed by atoms with van der Waals surface area (Å²) in [7, 11) is 0. The number of hydrogen-bond acceptors (Lipinski definition) is 2. The maximum atomic E-state index is 12.4. The lowest BCUT2D eigenvalue weighted by Gasteiger charge is -2.22. The smallest absolute Gasteiger partial charge is 0.227 e. The molecule has 0 aliphatic heterocycles. The van der Waals surface area contributed by atoms with Gasteiger partial charge in [-0.15, -0.1) is 0 Å². The molecule has 3 nitrogen and oxygen atoms in total. The Morgan fingerprint density at radius 1 is 1.14 bits per heavy atom. The minimum absolute atomic E-state index is 0.234. The number of rotatable bonds is 5. The van der Waals surface area contributed by atoms with Gasteiger partial charge in [0.1, 0.15) is 0 Å². The second-order valence-corrected chi connectivity index (χ2v) is 6.49. The number of benzene rings is 1. The molecule has 2 saturated carbocycles. The predicted octanol–water partition coefficient (Wildman–Crippen LogP) is 3.91. The summed E-state index contributed by atoms with van der Waals surface area (Å²) in [6.07, 6.45) is 4.98. The first-order chi connectivity index (χ1) is 10.2. The Morgan fingerprint density at radius 2 is 1.86 bits per heavy atom. The van der Waals surface area contributed by atoms with E-state index in [0.29, 0.717) is 5.92 Å². The van der Waals surface area contributed by atoms with E-state index >= 15 is 0 Å². The van der Waals surface area contributed by atoms with Crippen LogP contribution in [0.4, 0.5) is 11.4 Å². The number of hydrogen-bond donors (Lipinski definition) is 1. The van der Waals surface area contributed by atoms with Gasteiger partial charge in [-0.2, -0.15) is 0 Å². The van der Waals surface area contributed by atoms with Crippen molar-refractivity contribution in [2.45, 2.75) is 39.5 Å². The molecule has 2 fully saturated rings. The topological polar surface area (TPSA) is 32.3 Å². The Morgan fingerprint density at radius 3 is 2.38 bits per heavy atom. The second kappa shape index (κ2) is 6.08. The van der Waals surface area contributed by atoms with E-state index in [1.807, 2.05) is 12.1 Å². The Bertz CT molecular complexity index is 492. The number of anilines is 2. The van der Waals surface area contributed by atoms with Crippen LogP contribution in [-0.2, 0) is 4.79 Å². The summed E-state index contributed by atoms with van der Waals surface area (Å²) >= 11 is 0. The third-order valence-electron chi connectivity index (χ3n) is 5.34. The van der Waals surface area contributed by atoms with Gasteiger partial charge in [0.25, 0.3) is 0 Å². The summed E-state index contributed by atoms with van der Waals surface area (Å²) in [6, 6.07) is 8.25. The van der Waals surface area contributed by atoms with Crippen molar-refractivity contribution in [3.05, 3.63) is 24.3 Å². The summed E-state index contributed by atoms with van der Waals surface area (Å²) in [4.78, 5) is 14.7. The molecular formula is C18H26N2O. The Hall–Kier alpha value is -1.51. The number of amides is 1. The van der Waals surface area contributed by atoms with Crippen molar-refractivity contribution < 1.29 is 4.79 Å². The molecule has 114 valence electrons. The summed E-state index contributed by atoms with van der Waals surface area (Å²) < 4.78 is 0. The second-order valence-electron chi connectivity index (χ2n) is 6.49. The molecule has 0 heterocycles. The Kier molecular flexibility index (Phi) is 4.18. The number of fused-ring (bicyclic) bond motifs is 2. The largest absolute Gasteiger partial charge is 0.372 e. The van der Waals surface area contributed by atoms with Gasteiger partial charge in [0.2, 0.25) is 5.91 Å². The van der Waals surface area contributed by atoms with E-state index in [0.717, 1.165) is 31.1 Å². The molecule has 2 bridgehead atoms. The summed E-state index contributed by atoms with van der Waals surface area (Å²) in [5.74, 6) is 1.95. The van der Waals surface area contributed by atoms with Gasteiger partial charge in [-0.05, 0) is 69.2 Å². The first kappa shape index (κ1) is 14.4. The lowest BCUT2D eigenvalue weighted by molar-refractivity contribution is -0.121. The zero-order valence-corrected chi connectivity index (χ0v) is 13.1. The molecule has 3 rings (SSSR count). The highest BCUT2D eigenvalue weighted by molar-refractivity contribution is 5.93. The SMILES string of the molecule is CCN(CC)c1ccc(NC(=O)[C@H]2C[C@H]3CC[C@@H]2C3)cc1. The minimum atomic E-state index is 0.234. The van der Waals surface area contributed by atoms with Gasteiger partial charge in [0, 0.05) is 30.4 Å². The molecule has 3 atom stereocenters. The summed E-state index contributed by atoms with van der Waals surface area (Å²) in [5.41, 5.74) is 2.15. The molecule has 2 aliphatic carbocycles. The first-order valence-corrected chi connectivity index (χ1v) is 8.37. The fourth-order valence-electron chi connectivity index (χ4n) is 4.15. The number of nitrogens with zero attached hydrogens (tertiary/aromatic N) is 1. The van der Waals surface area contributed by atoms with Crippen molar-refractivity contribution in [3.8, 4) is 0 Å². The maximum absolute atomic E-state index is 12.4. The Balaban J connectivity index is 1.61.